The van der Waals surface area contributed by atoms with Gasteiger partial charge < -0.3 is 5.11 Å². The SMILES string of the molecule is Cc1ccc(N=Cc2c(C)c(C#N)c(=O)n(C3CCCC3)c2O)cc1. The van der Waals surface area contributed by atoms with Gasteiger partial charge in [-0.15, -0.1) is 0 Å². The molecule has 0 atom stereocenters. The van der Waals surface area contributed by atoms with E-state index < -0.39 is 5.56 Å². The van der Waals surface area contributed by atoms with Crippen LogP contribution in [0, 0.1) is 25.2 Å². The molecule has 1 aliphatic carbocycles. The van der Waals surface area contributed by atoms with Gasteiger partial charge in [-0.3, -0.25) is 14.4 Å². The van der Waals surface area contributed by atoms with Crippen LogP contribution in [0.3, 0.4) is 0 Å². The highest BCUT2D eigenvalue weighted by molar-refractivity contribution is 5.87. The molecule has 25 heavy (non-hydrogen) atoms. The lowest BCUT2D eigenvalue weighted by Gasteiger charge is -2.19. The van der Waals surface area contributed by atoms with E-state index in [2.05, 4.69) is 4.99 Å². The lowest BCUT2D eigenvalue weighted by molar-refractivity contribution is 0.368. The second-order valence-electron chi connectivity index (χ2n) is 6.56. The Morgan fingerprint density at radius 2 is 1.88 bits per heavy atom. The van der Waals surface area contributed by atoms with E-state index in [9.17, 15) is 15.2 Å². The first-order valence-corrected chi connectivity index (χ1v) is 8.52. The molecule has 0 aliphatic heterocycles. The Kier molecular flexibility index (Phi) is 4.71. The Morgan fingerprint density at radius 3 is 2.48 bits per heavy atom. The number of nitriles is 1. The van der Waals surface area contributed by atoms with Gasteiger partial charge in [0.2, 0.25) is 5.88 Å². The van der Waals surface area contributed by atoms with Crippen molar-refractivity contribution in [2.45, 2.75) is 45.6 Å². The first-order chi connectivity index (χ1) is 12.0. The summed E-state index contributed by atoms with van der Waals surface area (Å²) in [6, 6.07) is 9.63. The molecule has 0 spiro atoms. The molecule has 5 heteroatoms. The standard InChI is InChI=1S/C20H21N3O2/c1-13-7-9-15(10-8-13)22-12-18-14(2)17(11-21)19(24)23(20(18)25)16-5-3-4-6-16/h7-10,12,16,25H,3-6H2,1-2H3. The first kappa shape index (κ1) is 17.0. The molecule has 1 heterocycles. The van der Waals surface area contributed by atoms with Crippen LogP contribution in [0.5, 0.6) is 5.88 Å². The highest BCUT2D eigenvalue weighted by atomic mass is 16.3. The van der Waals surface area contributed by atoms with Crippen LogP contribution in [0.4, 0.5) is 5.69 Å². The van der Waals surface area contributed by atoms with E-state index in [1.165, 1.54) is 4.57 Å². The quantitative estimate of drug-likeness (QED) is 0.864. The Balaban J connectivity index is 2.12. The van der Waals surface area contributed by atoms with Gasteiger partial charge in [0.25, 0.3) is 5.56 Å². The molecular formula is C20H21N3O2. The van der Waals surface area contributed by atoms with Crippen LogP contribution in [0.15, 0.2) is 34.1 Å². The maximum Gasteiger partial charge on any atom is 0.271 e. The normalized spacial score (nSPS) is 14.9. The van der Waals surface area contributed by atoms with Gasteiger partial charge in [0.15, 0.2) is 0 Å². The average molecular weight is 335 g/mol. The summed E-state index contributed by atoms with van der Waals surface area (Å²) in [6.07, 6.45) is 5.28. The molecule has 5 nitrogen and oxygen atoms in total. The van der Waals surface area contributed by atoms with Crippen LogP contribution in [0.25, 0.3) is 0 Å². The van der Waals surface area contributed by atoms with Gasteiger partial charge in [-0.1, -0.05) is 30.5 Å². The summed E-state index contributed by atoms with van der Waals surface area (Å²) in [4.78, 5) is 17.0. The third kappa shape index (κ3) is 3.20. The smallest absolute Gasteiger partial charge is 0.271 e. The zero-order valence-electron chi connectivity index (χ0n) is 14.5. The highest BCUT2D eigenvalue weighted by Gasteiger charge is 2.25. The van der Waals surface area contributed by atoms with Crippen molar-refractivity contribution in [3.05, 3.63) is 56.9 Å². The molecule has 0 amide bonds. The second kappa shape index (κ2) is 6.94. The number of pyridine rings is 1. The highest BCUT2D eigenvalue weighted by Crippen LogP contribution is 2.33. The molecule has 0 unspecified atom stereocenters. The topological polar surface area (TPSA) is 78.4 Å². The van der Waals surface area contributed by atoms with Crippen molar-refractivity contribution in [3.63, 3.8) is 0 Å². The number of rotatable bonds is 3. The average Bonchev–Trinajstić information content (AvgIpc) is 3.11. The molecule has 1 N–H and O–H groups in total. The number of benzene rings is 1. The predicted molar refractivity (Wildman–Crippen MR) is 97.8 cm³/mol. The van der Waals surface area contributed by atoms with Crippen LogP contribution < -0.4 is 5.56 Å². The van der Waals surface area contributed by atoms with Gasteiger partial charge in [-0.2, -0.15) is 5.26 Å². The molecule has 2 aromatic rings. The van der Waals surface area contributed by atoms with E-state index in [0.717, 1.165) is 36.9 Å². The maximum absolute atomic E-state index is 12.6. The lowest BCUT2D eigenvalue weighted by atomic mass is 10.0. The van der Waals surface area contributed by atoms with Gasteiger partial charge in [-0.25, -0.2) is 0 Å². The summed E-state index contributed by atoms with van der Waals surface area (Å²) in [5, 5.41) is 20.1. The molecule has 0 saturated heterocycles. The largest absolute Gasteiger partial charge is 0.494 e. The van der Waals surface area contributed by atoms with Crippen LogP contribution in [0.1, 0.15) is 54.0 Å². The summed E-state index contributed by atoms with van der Waals surface area (Å²) in [5.41, 5.74) is 2.46. The fourth-order valence-electron chi connectivity index (χ4n) is 3.37. The summed E-state index contributed by atoms with van der Waals surface area (Å²) in [6.45, 7) is 3.68. The Morgan fingerprint density at radius 1 is 1.24 bits per heavy atom. The fraction of sp³-hybridized carbons (Fsp3) is 0.350. The van der Waals surface area contributed by atoms with Gasteiger partial charge in [0, 0.05) is 12.3 Å². The number of hydrogen-bond acceptors (Lipinski definition) is 4. The number of aromatic hydroxyl groups is 1. The summed E-state index contributed by atoms with van der Waals surface area (Å²) >= 11 is 0. The molecule has 128 valence electrons. The number of aromatic nitrogens is 1. The number of hydrogen-bond donors (Lipinski definition) is 1. The monoisotopic (exact) mass is 335 g/mol. The molecule has 1 aromatic heterocycles. The van der Waals surface area contributed by atoms with Gasteiger partial charge >= 0.3 is 0 Å². The van der Waals surface area contributed by atoms with Crippen molar-refractivity contribution in [2.24, 2.45) is 4.99 Å². The Hall–Kier alpha value is -2.87. The summed E-state index contributed by atoms with van der Waals surface area (Å²) < 4.78 is 1.38. The number of aryl methyl sites for hydroxylation is 1. The van der Waals surface area contributed by atoms with Crippen LogP contribution in [0.2, 0.25) is 0 Å². The van der Waals surface area contributed by atoms with Gasteiger partial charge in [-0.05, 0) is 44.4 Å². The van der Waals surface area contributed by atoms with Gasteiger partial charge in [0.05, 0.1) is 11.3 Å². The molecule has 1 aliphatic rings. The zero-order chi connectivity index (χ0) is 18.0. The number of nitrogens with zero attached hydrogens (tertiary/aromatic N) is 3. The van der Waals surface area contributed by atoms with Crippen LogP contribution >= 0.6 is 0 Å². The van der Waals surface area contributed by atoms with Crippen molar-refractivity contribution in [1.82, 2.24) is 4.57 Å². The number of aliphatic imine (C=N–C) groups is 1. The minimum Gasteiger partial charge on any atom is -0.494 e. The molecule has 1 fully saturated rings. The Bertz CT molecular complexity index is 912. The Labute approximate surface area is 146 Å². The lowest BCUT2D eigenvalue weighted by Crippen LogP contribution is -2.28. The fourth-order valence-corrected chi connectivity index (χ4v) is 3.37. The summed E-state index contributed by atoms with van der Waals surface area (Å²) in [7, 11) is 0. The van der Waals surface area contributed by atoms with Gasteiger partial charge in [0.1, 0.15) is 11.6 Å². The van der Waals surface area contributed by atoms with Crippen molar-refractivity contribution in [2.75, 3.05) is 0 Å². The minimum atomic E-state index is -0.406. The third-order valence-electron chi connectivity index (χ3n) is 4.86. The van der Waals surface area contributed by atoms with Crippen molar-refractivity contribution >= 4 is 11.9 Å². The van der Waals surface area contributed by atoms with E-state index >= 15 is 0 Å². The maximum atomic E-state index is 12.6. The molecule has 1 aromatic carbocycles. The van der Waals surface area contributed by atoms with E-state index in [1.807, 2.05) is 37.3 Å². The second-order valence-corrected chi connectivity index (χ2v) is 6.56. The molecule has 1 saturated carbocycles. The third-order valence-corrected chi connectivity index (χ3v) is 4.86. The molecule has 0 bridgehead atoms. The van der Waals surface area contributed by atoms with Crippen molar-refractivity contribution in [1.29, 1.82) is 5.26 Å². The molecule has 0 radical (unpaired) electrons. The van der Waals surface area contributed by atoms with Crippen molar-refractivity contribution < 1.29 is 5.11 Å². The van der Waals surface area contributed by atoms with E-state index in [4.69, 9.17) is 0 Å². The molecular weight excluding hydrogens is 314 g/mol. The minimum absolute atomic E-state index is 0.0493. The zero-order valence-corrected chi connectivity index (χ0v) is 14.5. The van der Waals surface area contributed by atoms with E-state index in [0.29, 0.717) is 11.1 Å². The van der Waals surface area contributed by atoms with Crippen LogP contribution in [-0.4, -0.2) is 15.9 Å². The van der Waals surface area contributed by atoms with Crippen molar-refractivity contribution in [3.8, 4) is 11.9 Å². The first-order valence-electron chi connectivity index (χ1n) is 8.52. The predicted octanol–water partition coefficient (Wildman–Crippen LogP) is 3.91. The molecule has 3 rings (SSSR count). The van der Waals surface area contributed by atoms with E-state index in [1.54, 1.807) is 13.1 Å². The summed E-state index contributed by atoms with van der Waals surface area (Å²) in [5.74, 6) is -0.0933. The van der Waals surface area contributed by atoms with E-state index in [-0.39, 0.29) is 17.5 Å². The van der Waals surface area contributed by atoms with Crippen LogP contribution in [-0.2, 0) is 0 Å².